The highest BCUT2D eigenvalue weighted by molar-refractivity contribution is 7.90. The van der Waals surface area contributed by atoms with Gasteiger partial charge < -0.3 is 4.74 Å². The van der Waals surface area contributed by atoms with E-state index < -0.39 is 9.84 Å². The van der Waals surface area contributed by atoms with Gasteiger partial charge in [0, 0.05) is 18.4 Å². The molecule has 1 unspecified atom stereocenters. The molecule has 0 radical (unpaired) electrons. The molecule has 0 fully saturated rings. The minimum absolute atomic E-state index is 0.245. The quantitative estimate of drug-likeness (QED) is 0.590. The molecule has 28 heavy (non-hydrogen) atoms. The van der Waals surface area contributed by atoms with Gasteiger partial charge in [-0.15, -0.1) is 0 Å². The summed E-state index contributed by atoms with van der Waals surface area (Å²) in [6.45, 7) is 5.98. The molecule has 3 aromatic rings. The fraction of sp³-hybridized carbons (Fsp3) is 0.333. The molecule has 2 aromatic carbocycles. The molecule has 0 saturated carbocycles. The molecule has 0 saturated heterocycles. The largest absolute Gasteiger partial charge is 0.466 e. The zero-order valence-electron chi connectivity index (χ0n) is 16.5. The number of carbonyl (C=O) groups is 1. The fourth-order valence-electron chi connectivity index (χ4n) is 3.18. The number of fused-ring (bicyclic) bond motifs is 1. The Hall–Kier alpha value is -2.67. The minimum Gasteiger partial charge on any atom is -0.466 e. The number of hydrogen-bond donors (Lipinski definition) is 0. The topological polar surface area (TPSA) is 78.3 Å². The summed E-state index contributed by atoms with van der Waals surface area (Å²) in [6.07, 6.45) is 1.89. The van der Waals surface area contributed by atoms with Gasteiger partial charge in [0.1, 0.15) is 5.82 Å². The SMILES string of the molecule is CCOC(=O)C(C)c1ccc(-n2c(CC)nc3cc(S(C)(=O)=O)ccc32)cc1. The molecule has 6 nitrogen and oxygen atoms in total. The summed E-state index contributed by atoms with van der Waals surface area (Å²) < 4.78 is 30.8. The first-order valence-corrected chi connectivity index (χ1v) is 11.1. The van der Waals surface area contributed by atoms with Crippen LogP contribution in [0.25, 0.3) is 16.7 Å². The second-order valence-electron chi connectivity index (χ2n) is 6.70. The van der Waals surface area contributed by atoms with E-state index in [4.69, 9.17) is 4.74 Å². The predicted octanol–water partition coefficient (Wildman–Crippen LogP) is 3.66. The monoisotopic (exact) mass is 400 g/mol. The second kappa shape index (κ2) is 7.75. The van der Waals surface area contributed by atoms with Crippen LogP contribution >= 0.6 is 0 Å². The number of aromatic nitrogens is 2. The molecule has 1 atom stereocenters. The van der Waals surface area contributed by atoms with Gasteiger partial charge in [-0.25, -0.2) is 13.4 Å². The average molecular weight is 401 g/mol. The molecular weight excluding hydrogens is 376 g/mol. The summed E-state index contributed by atoms with van der Waals surface area (Å²) in [5.41, 5.74) is 3.27. The van der Waals surface area contributed by atoms with Crippen molar-refractivity contribution in [3.05, 3.63) is 53.9 Å². The van der Waals surface area contributed by atoms with Crippen LogP contribution in [-0.4, -0.2) is 36.8 Å². The molecule has 0 spiro atoms. The Morgan fingerprint density at radius 2 is 1.82 bits per heavy atom. The Kier molecular flexibility index (Phi) is 5.56. The Labute approximate surface area is 165 Å². The van der Waals surface area contributed by atoms with E-state index in [0.29, 0.717) is 18.5 Å². The lowest BCUT2D eigenvalue weighted by Gasteiger charge is -2.13. The van der Waals surface area contributed by atoms with Crippen molar-refractivity contribution in [1.82, 2.24) is 9.55 Å². The highest BCUT2D eigenvalue weighted by Crippen LogP contribution is 2.26. The van der Waals surface area contributed by atoms with Crippen molar-refractivity contribution in [2.75, 3.05) is 12.9 Å². The lowest BCUT2D eigenvalue weighted by molar-refractivity contribution is -0.144. The van der Waals surface area contributed by atoms with Gasteiger partial charge in [-0.2, -0.15) is 0 Å². The number of esters is 1. The van der Waals surface area contributed by atoms with E-state index in [1.807, 2.05) is 42.7 Å². The van der Waals surface area contributed by atoms with Crippen molar-refractivity contribution < 1.29 is 17.9 Å². The number of carbonyl (C=O) groups excluding carboxylic acids is 1. The van der Waals surface area contributed by atoms with Crippen molar-refractivity contribution in [2.24, 2.45) is 0 Å². The molecule has 0 N–H and O–H groups in total. The number of benzene rings is 2. The summed E-state index contributed by atoms with van der Waals surface area (Å²) in [5, 5.41) is 0. The van der Waals surface area contributed by atoms with E-state index in [1.165, 1.54) is 6.26 Å². The number of sulfone groups is 1. The van der Waals surface area contributed by atoms with Crippen molar-refractivity contribution in [3.63, 3.8) is 0 Å². The third kappa shape index (κ3) is 3.80. The maximum absolute atomic E-state index is 12.0. The van der Waals surface area contributed by atoms with Crippen LogP contribution in [0.1, 0.15) is 38.1 Å². The smallest absolute Gasteiger partial charge is 0.313 e. The van der Waals surface area contributed by atoms with E-state index in [9.17, 15) is 13.2 Å². The average Bonchev–Trinajstić information content (AvgIpc) is 3.05. The summed E-state index contributed by atoms with van der Waals surface area (Å²) in [7, 11) is -3.29. The summed E-state index contributed by atoms with van der Waals surface area (Å²) in [5.74, 6) is 0.259. The minimum atomic E-state index is -3.29. The molecule has 7 heteroatoms. The molecule has 0 aliphatic rings. The molecule has 1 aromatic heterocycles. The van der Waals surface area contributed by atoms with E-state index in [2.05, 4.69) is 4.98 Å². The van der Waals surface area contributed by atoms with Crippen LogP contribution in [0, 0.1) is 0 Å². The highest BCUT2D eigenvalue weighted by atomic mass is 32.2. The van der Waals surface area contributed by atoms with Crippen LogP contribution in [0.3, 0.4) is 0 Å². The van der Waals surface area contributed by atoms with Gasteiger partial charge >= 0.3 is 5.97 Å². The fourth-order valence-corrected chi connectivity index (χ4v) is 3.82. The third-order valence-corrected chi connectivity index (χ3v) is 5.84. The van der Waals surface area contributed by atoms with Crippen LogP contribution < -0.4 is 0 Å². The van der Waals surface area contributed by atoms with Crippen LogP contribution in [-0.2, 0) is 25.8 Å². The number of nitrogens with zero attached hydrogens (tertiary/aromatic N) is 2. The van der Waals surface area contributed by atoms with Gasteiger partial charge in [-0.1, -0.05) is 19.1 Å². The number of imidazole rings is 1. The molecule has 0 bridgehead atoms. The normalized spacial score (nSPS) is 12.9. The number of hydrogen-bond acceptors (Lipinski definition) is 5. The highest BCUT2D eigenvalue weighted by Gasteiger charge is 2.18. The first-order chi connectivity index (χ1) is 13.3. The van der Waals surface area contributed by atoms with Crippen LogP contribution in [0.15, 0.2) is 47.4 Å². The van der Waals surface area contributed by atoms with E-state index in [1.54, 1.807) is 25.1 Å². The predicted molar refractivity (Wildman–Crippen MR) is 109 cm³/mol. The van der Waals surface area contributed by atoms with Crippen LogP contribution in [0.4, 0.5) is 0 Å². The second-order valence-corrected chi connectivity index (χ2v) is 8.72. The van der Waals surface area contributed by atoms with Gasteiger partial charge in [0.05, 0.1) is 28.5 Å². The standard InChI is InChI=1S/C21H24N2O4S/c1-5-20-22-18-13-17(28(4,25)26)11-12-19(18)23(20)16-9-7-15(8-10-16)14(3)21(24)27-6-2/h7-14H,5-6H2,1-4H3. The molecule has 1 heterocycles. The van der Waals surface area contributed by atoms with E-state index in [-0.39, 0.29) is 16.8 Å². The molecule has 148 valence electrons. The lowest BCUT2D eigenvalue weighted by atomic mass is 10.0. The molecular formula is C21H24N2O4S. The van der Waals surface area contributed by atoms with Crippen LogP contribution in [0.2, 0.25) is 0 Å². The van der Waals surface area contributed by atoms with Crippen molar-refractivity contribution >= 4 is 26.8 Å². The Morgan fingerprint density at radius 3 is 2.39 bits per heavy atom. The molecule has 0 amide bonds. The Balaban J connectivity index is 2.04. The van der Waals surface area contributed by atoms with Gasteiger partial charge in [0.15, 0.2) is 9.84 Å². The number of aryl methyl sites for hydroxylation is 1. The molecule has 0 aliphatic heterocycles. The van der Waals surface area contributed by atoms with Gasteiger partial charge in [-0.3, -0.25) is 9.36 Å². The number of ether oxygens (including phenoxy) is 1. The Bertz CT molecular complexity index is 1120. The van der Waals surface area contributed by atoms with Gasteiger partial charge in [-0.05, 0) is 49.7 Å². The summed E-state index contributed by atoms with van der Waals surface area (Å²) in [4.78, 5) is 16.8. The maximum atomic E-state index is 12.0. The van der Waals surface area contributed by atoms with Gasteiger partial charge in [0.2, 0.25) is 0 Å². The Morgan fingerprint density at radius 1 is 1.14 bits per heavy atom. The summed E-state index contributed by atoms with van der Waals surface area (Å²) in [6, 6.07) is 12.7. The zero-order chi connectivity index (χ0) is 20.5. The van der Waals surface area contributed by atoms with E-state index >= 15 is 0 Å². The van der Waals surface area contributed by atoms with Crippen molar-refractivity contribution in [1.29, 1.82) is 0 Å². The maximum Gasteiger partial charge on any atom is 0.313 e. The zero-order valence-corrected chi connectivity index (χ0v) is 17.3. The van der Waals surface area contributed by atoms with E-state index in [0.717, 1.165) is 22.6 Å². The first-order valence-electron chi connectivity index (χ1n) is 9.24. The van der Waals surface area contributed by atoms with Crippen molar-refractivity contribution in [2.45, 2.75) is 38.0 Å². The summed E-state index contributed by atoms with van der Waals surface area (Å²) >= 11 is 0. The lowest BCUT2D eigenvalue weighted by Crippen LogP contribution is -2.13. The molecule has 0 aliphatic carbocycles. The first kappa shape index (κ1) is 20.1. The third-order valence-electron chi connectivity index (χ3n) is 4.73. The van der Waals surface area contributed by atoms with Gasteiger partial charge in [0.25, 0.3) is 0 Å². The van der Waals surface area contributed by atoms with Crippen molar-refractivity contribution in [3.8, 4) is 5.69 Å². The van der Waals surface area contributed by atoms with Crippen LogP contribution in [0.5, 0.6) is 0 Å². The number of rotatable bonds is 6. The molecule has 3 rings (SSSR count).